The van der Waals surface area contributed by atoms with Crippen molar-refractivity contribution in [2.45, 2.75) is 33.0 Å². The molecule has 0 spiro atoms. The molecule has 0 aliphatic carbocycles. The fraction of sp³-hybridized carbons (Fsp3) is 0.417. The smallest absolute Gasteiger partial charge is 0.187 e. The van der Waals surface area contributed by atoms with E-state index < -0.39 is 0 Å². The van der Waals surface area contributed by atoms with Gasteiger partial charge in [-0.15, -0.1) is 11.3 Å². The molecule has 98 valence electrons. The maximum atomic E-state index is 9.18. The van der Waals surface area contributed by atoms with Crippen LogP contribution in [0.3, 0.4) is 0 Å². The minimum absolute atomic E-state index is 0.0541. The Hall–Kier alpha value is -0.620. The van der Waals surface area contributed by atoms with Crippen molar-refractivity contribution in [1.29, 1.82) is 0 Å². The first-order valence-electron chi connectivity index (χ1n) is 5.67. The standard InChI is InChI=1S/C12H15ClN2OS2/c1-8(2)15(6-9-4-3-5-17-9)12-14-11(13)10(7-16)18-12/h3-5,8,16H,6-7H2,1-2H3. The molecule has 0 radical (unpaired) electrons. The molecule has 0 unspecified atom stereocenters. The quantitative estimate of drug-likeness (QED) is 0.913. The zero-order valence-corrected chi connectivity index (χ0v) is 12.6. The molecule has 1 N–H and O–H groups in total. The fourth-order valence-corrected chi connectivity index (χ4v) is 3.54. The van der Waals surface area contributed by atoms with E-state index in [4.69, 9.17) is 11.6 Å². The molecule has 0 amide bonds. The van der Waals surface area contributed by atoms with Gasteiger partial charge < -0.3 is 10.0 Å². The maximum absolute atomic E-state index is 9.18. The molecule has 0 aliphatic heterocycles. The van der Waals surface area contributed by atoms with Crippen LogP contribution in [0, 0.1) is 0 Å². The average molecular weight is 303 g/mol. The molecular weight excluding hydrogens is 288 g/mol. The summed E-state index contributed by atoms with van der Waals surface area (Å²) in [5.41, 5.74) is 0. The van der Waals surface area contributed by atoms with Crippen LogP contribution in [0.25, 0.3) is 0 Å². The largest absolute Gasteiger partial charge is 0.391 e. The summed E-state index contributed by atoms with van der Waals surface area (Å²) in [5, 5.41) is 12.5. The molecule has 0 aliphatic rings. The SMILES string of the molecule is CC(C)N(Cc1cccs1)c1nc(Cl)c(CO)s1. The van der Waals surface area contributed by atoms with Gasteiger partial charge in [0.1, 0.15) is 5.15 Å². The molecule has 2 heterocycles. The minimum atomic E-state index is -0.0541. The van der Waals surface area contributed by atoms with Crippen molar-refractivity contribution in [3.8, 4) is 0 Å². The van der Waals surface area contributed by atoms with Crippen LogP contribution in [0.2, 0.25) is 5.15 Å². The van der Waals surface area contributed by atoms with Crippen molar-refractivity contribution >= 4 is 39.4 Å². The summed E-state index contributed by atoms with van der Waals surface area (Å²) in [5.74, 6) is 0. The lowest BCUT2D eigenvalue weighted by Gasteiger charge is -2.25. The van der Waals surface area contributed by atoms with Crippen LogP contribution in [-0.4, -0.2) is 16.1 Å². The van der Waals surface area contributed by atoms with Crippen LogP contribution in [0.5, 0.6) is 0 Å². The third-order valence-electron chi connectivity index (χ3n) is 2.56. The Labute approximate surface area is 120 Å². The van der Waals surface area contributed by atoms with Gasteiger partial charge in [-0.05, 0) is 25.3 Å². The second kappa shape index (κ2) is 6.02. The number of anilines is 1. The third kappa shape index (κ3) is 3.03. The van der Waals surface area contributed by atoms with Gasteiger partial charge >= 0.3 is 0 Å². The summed E-state index contributed by atoms with van der Waals surface area (Å²) >= 11 is 9.18. The average Bonchev–Trinajstić information content (AvgIpc) is 2.94. The van der Waals surface area contributed by atoms with Gasteiger partial charge in [-0.1, -0.05) is 29.0 Å². The Bertz CT molecular complexity index is 496. The highest BCUT2D eigenvalue weighted by Gasteiger charge is 2.18. The van der Waals surface area contributed by atoms with Crippen LogP contribution >= 0.6 is 34.3 Å². The number of rotatable bonds is 5. The lowest BCUT2D eigenvalue weighted by molar-refractivity contribution is 0.285. The fourth-order valence-electron chi connectivity index (χ4n) is 1.58. The van der Waals surface area contributed by atoms with E-state index in [9.17, 15) is 5.11 Å². The van der Waals surface area contributed by atoms with Crippen molar-refractivity contribution in [1.82, 2.24) is 4.98 Å². The van der Waals surface area contributed by atoms with Crippen LogP contribution < -0.4 is 4.90 Å². The second-order valence-electron chi connectivity index (χ2n) is 4.17. The maximum Gasteiger partial charge on any atom is 0.187 e. The monoisotopic (exact) mass is 302 g/mol. The number of aliphatic hydroxyl groups is 1. The highest BCUT2D eigenvalue weighted by atomic mass is 35.5. The number of thiophene rings is 1. The molecule has 0 saturated carbocycles. The number of halogens is 1. The number of thiazole rings is 1. The van der Waals surface area contributed by atoms with Gasteiger partial charge in [0, 0.05) is 10.9 Å². The molecule has 0 aromatic carbocycles. The number of nitrogens with zero attached hydrogens (tertiary/aromatic N) is 2. The predicted molar refractivity (Wildman–Crippen MR) is 78.7 cm³/mol. The summed E-state index contributed by atoms with van der Waals surface area (Å²) in [7, 11) is 0. The first-order valence-corrected chi connectivity index (χ1v) is 7.74. The lowest BCUT2D eigenvalue weighted by Crippen LogP contribution is -2.29. The van der Waals surface area contributed by atoms with Crippen LogP contribution in [-0.2, 0) is 13.2 Å². The molecule has 0 bridgehead atoms. The minimum Gasteiger partial charge on any atom is -0.391 e. The molecular formula is C12H15ClN2OS2. The van der Waals surface area contributed by atoms with Gasteiger partial charge in [-0.25, -0.2) is 4.98 Å². The first-order chi connectivity index (χ1) is 8.61. The Balaban J connectivity index is 2.23. The van der Waals surface area contributed by atoms with E-state index in [0.29, 0.717) is 11.2 Å². The normalized spacial score (nSPS) is 11.2. The number of hydrogen-bond donors (Lipinski definition) is 1. The summed E-state index contributed by atoms with van der Waals surface area (Å²) in [6.45, 7) is 5.02. The van der Waals surface area contributed by atoms with E-state index in [2.05, 4.69) is 35.2 Å². The molecule has 0 saturated heterocycles. The highest BCUT2D eigenvalue weighted by molar-refractivity contribution is 7.16. The van der Waals surface area contributed by atoms with Crippen molar-refractivity contribution in [2.75, 3.05) is 4.90 Å². The Kier molecular flexibility index (Phi) is 4.61. The van der Waals surface area contributed by atoms with Gasteiger partial charge in [0.15, 0.2) is 5.13 Å². The summed E-state index contributed by atoms with van der Waals surface area (Å²) in [6, 6.07) is 4.50. The lowest BCUT2D eigenvalue weighted by atomic mass is 10.3. The molecule has 6 heteroatoms. The van der Waals surface area contributed by atoms with Crippen LogP contribution in [0.4, 0.5) is 5.13 Å². The molecule has 3 nitrogen and oxygen atoms in total. The van der Waals surface area contributed by atoms with Gasteiger partial charge in [-0.2, -0.15) is 0 Å². The summed E-state index contributed by atoms with van der Waals surface area (Å²) < 4.78 is 0. The summed E-state index contributed by atoms with van der Waals surface area (Å²) in [4.78, 5) is 8.55. The van der Waals surface area contributed by atoms with Gasteiger partial charge in [0.2, 0.25) is 0 Å². The van der Waals surface area contributed by atoms with Crippen molar-refractivity contribution < 1.29 is 5.11 Å². The van der Waals surface area contributed by atoms with E-state index >= 15 is 0 Å². The van der Waals surface area contributed by atoms with Gasteiger partial charge in [0.05, 0.1) is 18.0 Å². The Morgan fingerprint density at radius 2 is 2.28 bits per heavy atom. The van der Waals surface area contributed by atoms with E-state index in [-0.39, 0.29) is 6.61 Å². The van der Waals surface area contributed by atoms with E-state index in [1.54, 1.807) is 11.3 Å². The molecule has 0 atom stereocenters. The molecule has 18 heavy (non-hydrogen) atoms. The van der Waals surface area contributed by atoms with Crippen molar-refractivity contribution in [3.63, 3.8) is 0 Å². The highest BCUT2D eigenvalue weighted by Crippen LogP contribution is 2.32. The van der Waals surface area contributed by atoms with Crippen molar-refractivity contribution in [3.05, 3.63) is 32.4 Å². The van der Waals surface area contributed by atoms with E-state index in [1.807, 2.05) is 6.07 Å². The Morgan fingerprint density at radius 3 is 2.78 bits per heavy atom. The number of aromatic nitrogens is 1. The first kappa shape index (κ1) is 13.8. The van der Waals surface area contributed by atoms with Gasteiger partial charge in [-0.3, -0.25) is 0 Å². The van der Waals surface area contributed by atoms with E-state index in [0.717, 1.165) is 16.6 Å². The van der Waals surface area contributed by atoms with Gasteiger partial charge in [0.25, 0.3) is 0 Å². The predicted octanol–water partition coefficient (Wildman–Crippen LogP) is 3.77. The van der Waals surface area contributed by atoms with Crippen LogP contribution in [0.15, 0.2) is 17.5 Å². The second-order valence-corrected chi connectivity index (χ2v) is 6.62. The van der Waals surface area contributed by atoms with Crippen LogP contribution in [0.1, 0.15) is 23.6 Å². The van der Waals surface area contributed by atoms with E-state index in [1.165, 1.54) is 16.2 Å². The molecule has 2 aromatic heterocycles. The third-order valence-corrected chi connectivity index (χ3v) is 4.92. The zero-order chi connectivity index (χ0) is 13.1. The zero-order valence-electron chi connectivity index (χ0n) is 10.3. The topological polar surface area (TPSA) is 36.4 Å². The Morgan fingerprint density at radius 1 is 1.50 bits per heavy atom. The number of hydrogen-bond acceptors (Lipinski definition) is 5. The molecule has 0 fully saturated rings. The van der Waals surface area contributed by atoms with Crippen molar-refractivity contribution in [2.24, 2.45) is 0 Å². The molecule has 2 rings (SSSR count). The number of aliphatic hydroxyl groups excluding tert-OH is 1. The molecule has 2 aromatic rings. The summed E-state index contributed by atoms with van der Waals surface area (Å²) in [6.07, 6.45) is 0.